The minimum Gasteiger partial charge on any atom is -0.366 e. The van der Waals surface area contributed by atoms with Crippen molar-refractivity contribution in [2.24, 2.45) is 5.92 Å². The number of rotatable bonds is 6. The number of hydrogen-bond acceptors (Lipinski definition) is 6. The van der Waals surface area contributed by atoms with Crippen molar-refractivity contribution in [2.75, 3.05) is 18.0 Å². The zero-order chi connectivity index (χ0) is 20.1. The predicted molar refractivity (Wildman–Crippen MR) is 104 cm³/mol. The van der Waals surface area contributed by atoms with Gasteiger partial charge in [0.05, 0.1) is 4.92 Å². The first kappa shape index (κ1) is 19.5. The molecular weight excluding hydrogens is 360 g/mol. The van der Waals surface area contributed by atoms with Crippen LogP contribution in [0.3, 0.4) is 0 Å². The van der Waals surface area contributed by atoms with Crippen LogP contribution < -0.4 is 10.2 Å². The third kappa shape index (κ3) is 4.51. The van der Waals surface area contributed by atoms with E-state index in [2.05, 4.69) is 10.3 Å². The molecule has 0 unspecified atom stereocenters. The van der Waals surface area contributed by atoms with Gasteiger partial charge in [0.2, 0.25) is 5.91 Å². The van der Waals surface area contributed by atoms with Crippen molar-refractivity contribution in [3.8, 4) is 0 Å². The SMILES string of the molecule is CC(=O)c1ccc(N2CCC(C(=O)NCc3cccnc3)CC2)c([N+](=O)[O-])c1. The van der Waals surface area contributed by atoms with E-state index in [1.807, 2.05) is 17.0 Å². The lowest BCUT2D eigenvalue weighted by molar-refractivity contribution is -0.384. The lowest BCUT2D eigenvalue weighted by atomic mass is 9.95. The summed E-state index contributed by atoms with van der Waals surface area (Å²) in [6.07, 6.45) is 4.63. The Labute approximate surface area is 162 Å². The minimum absolute atomic E-state index is 0.00932. The summed E-state index contributed by atoms with van der Waals surface area (Å²) in [4.78, 5) is 40.8. The van der Waals surface area contributed by atoms with Gasteiger partial charge in [-0.25, -0.2) is 0 Å². The normalized spacial score (nSPS) is 14.5. The highest BCUT2D eigenvalue weighted by molar-refractivity contribution is 5.95. The first-order chi connectivity index (χ1) is 13.5. The van der Waals surface area contributed by atoms with Gasteiger partial charge in [0.15, 0.2) is 5.78 Å². The molecule has 1 aromatic heterocycles. The van der Waals surface area contributed by atoms with E-state index in [1.165, 1.54) is 13.0 Å². The van der Waals surface area contributed by atoms with Crippen LogP contribution in [0.4, 0.5) is 11.4 Å². The summed E-state index contributed by atoms with van der Waals surface area (Å²) in [6, 6.07) is 8.28. The first-order valence-electron chi connectivity index (χ1n) is 9.16. The average molecular weight is 382 g/mol. The van der Waals surface area contributed by atoms with Gasteiger partial charge in [-0.05, 0) is 43.5 Å². The second-order valence-corrected chi connectivity index (χ2v) is 6.86. The van der Waals surface area contributed by atoms with Gasteiger partial charge in [0.1, 0.15) is 5.69 Å². The van der Waals surface area contributed by atoms with Gasteiger partial charge >= 0.3 is 0 Å². The Bertz CT molecular complexity index is 877. The standard InChI is InChI=1S/C20H22N4O4/c1-14(25)17-4-5-18(19(11-17)24(27)28)23-9-6-16(7-10-23)20(26)22-13-15-3-2-8-21-12-15/h2-5,8,11-12,16H,6-7,9-10,13H2,1H3,(H,22,26). The smallest absolute Gasteiger partial charge is 0.293 e. The summed E-state index contributed by atoms with van der Waals surface area (Å²) in [5.41, 5.74) is 1.67. The number of piperidine rings is 1. The predicted octanol–water partition coefficient (Wildman–Crippen LogP) is 2.73. The monoisotopic (exact) mass is 382 g/mol. The molecule has 0 radical (unpaired) electrons. The summed E-state index contributed by atoms with van der Waals surface area (Å²) in [6.45, 7) is 2.91. The molecule has 1 saturated heterocycles. The topological polar surface area (TPSA) is 105 Å². The van der Waals surface area contributed by atoms with Crippen molar-refractivity contribution in [3.05, 3.63) is 64.0 Å². The number of pyridine rings is 1. The van der Waals surface area contributed by atoms with Crippen LogP contribution in [0.1, 0.15) is 35.7 Å². The van der Waals surface area contributed by atoms with E-state index in [-0.39, 0.29) is 23.3 Å². The molecule has 2 aromatic rings. The van der Waals surface area contributed by atoms with Crippen molar-refractivity contribution >= 4 is 23.1 Å². The number of aromatic nitrogens is 1. The molecule has 0 bridgehead atoms. The van der Waals surface area contributed by atoms with E-state index in [0.29, 0.717) is 43.7 Å². The molecule has 1 aliphatic heterocycles. The van der Waals surface area contributed by atoms with Crippen LogP contribution in [0.15, 0.2) is 42.7 Å². The Morgan fingerprint density at radius 2 is 2.04 bits per heavy atom. The fourth-order valence-electron chi connectivity index (χ4n) is 3.37. The van der Waals surface area contributed by atoms with Crippen LogP contribution in [0.5, 0.6) is 0 Å². The highest BCUT2D eigenvalue weighted by Gasteiger charge is 2.28. The third-order valence-electron chi connectivity index (χ3n) is 4.97. The molecule has 0 spiro atoms. The van der Waals surface area contributed by atoms with Gasteiger partial charge in [-0.3, -0.25) is 24.7 Å². The van der Waals surface area contributed by atoms with Crippen molar-refractivity contribution in [2.45, 2.75) is 26.3 Å². The molecule has 0 atom stereocenters. The minimum atomic E-state index is -0.464. The summed E-state index contributed by atoms with van der Waals surface area (Å²) >= 11 is 0. The number of nitro benzene ring substituents is 1. The van der Waals surface area contributed by atoms with Crippen molar-refractivity contribution in [1.29, 1.82) is 0 Å². The Morgan fingerprint density at radius 3 is 2.64 bits per heavy atom. The van der Waals surface area contributed by atoms with Gasteiger partial charge in [0.25, 0.3) is 5.69 Å². The number of nitro groups is 1. The largest absolute Gasteiger partial charge is 0.366 e. The van der Waals surface area contributed by atoms with Gasteiger partial charge in [-0.15, -0.1) is 0 Å². The Balaban J connectivity index is 1.61. The van der Waals surface area contributed by atoms with Crippen molar-refractivity contribution in [3.63, 3.8) is 0 Å². The number of amides is 1. The number of anilines is 1. The summed E-state index contributed by atoms with van der Waals surface area (Å²) in [7, 11) is 0. The van der Waals surface area contributed by atoms with Crippen molar-refractivity contribution < 1.29 is 14.5 Å². The number of nitrogens with one attached hydrogen (secondary N) is 1. The molecule has 146 valence electrons. The molecule has 0 aliphatic carbocycles. The Hall–Kier alpha value is -3.29. The molecule has 2 heterocycles. The summed E-state index contributed by atoms with van der Waals surface area (Å²) in [5.74, 6) is -0.341. The Morgan fingerprint density at radius 1 is 1.29 bits per heavy atom. The molecule has 1 aliphatic rings. The van der Waals surface area contributed by atoms with E-state index in [1.54, 1.807) is 24.5 Å². The number of ketones is 1. The van der Waals surface area contributed by atoms with Gasteiger partial charge < -0.3 is 10.2 Å². The van der Waals surface area contributed by atoms with E-state index in [9.17, 15) is 19.7 Å². The maximum absolute atomic E-state index is 12.4. The third-order valence-corrected chi connectivity index (χ3v) is 4.97. The lowest BCUT2D eigenvalue weighted by Gasteiger charge is -2.32. The molecule has 1 amide bonds. The van der Waals surface area contributed by atoms with Crippen LogP contribution in [0.2, 0.25) is 0 Å². The molecule has 3 rings (SSSR count). The molecule has 1 N–H and O–H groups in total. The van der Waals surface area contributed by atoms with Crippen LogP contribution in [-0.2, 0) is 11.3 Å². The highest BCUT2D eigenvalue weighted by Crippen LogP contribution is 2.32. The molecule has 0 saturated carbocycles. The van der Waals surface area contributed by atoms with E-state index < -0.39 is 4.92 Å². The molecule has 1 aromatic carbocycles. The van der Waals surface area contributed by atoms with Crippen LogP contribution in [0.25, 0.3) is 0 Å². The van der Waals surface area contributed by atoms with E-state index in [0.717, 1.165) is 5.56 Å². The van der Waals surface area contributed by atoms with Crippen LogP contribution in [0, 0.1) is 16.0 Å². The number of carbonyl (C=O) groups is 2. The zero-order valence-corrected chi connectivity index (χ0v) is 15.6. The van der Waals surface area contributed by atoms with Gasteiger partial charge in [0, 0.05) is 49.6 Å². The quantitative estimate of drug-likeness (QED) is 0.468. The molecule has 28 heavy (non-hydrogen) atoms. The second-order valence-electron chi connectivity index (χ2n) is 6.86. The lowest BCUT2D eigenvalue weighted by Crippen LogP contribution is -2.40. The summed E-state index contributed by atoms with van der Waals surface area (Å²) in [5, 5.41) is 14.4. The average Bonchev–Trinajstić information content (AvgIpc) is 2.72. The molecular formula is C20H22N4O4. The second kappa shape index (κ2) is 8.60. The molecule has 8 nitrogen and oxygen atoms in total. The maximum Gasteiger partial charge on any atom is 0.293 e. The number of carbonyl (C=O) groups excluding carboxylic acids is 2. The summed E-state index contributed by atoms with van der Waals surface area (Å²) < 4.78 is 0. The number of hydrogen-bond donors (Lipinski definition) is 1. The fourth-order valence-corrected chi connectivity index (χ4v) is 3.37. The van der Waals surface area contributed by atoms with Crippen molar-refractivity contribution in [1.82, 2.24) is 10.3 Å². The Kier molecular flexibility index (Phi) is 5.98. The van der Waals surface area contributed by atoms with E-state index >= 15 is 0 Å². The zero-order valence-electron chi connectivity index (χ0n) is 15.6. The maximum atomic E-state index is 12.4. The fraction of sp³-hybridized carbons (Fsp3) is 0.350. The molecule has 1 fully saturated rings. The van der Waals surface area contributed by atoms with Crippen LogP contribution in [-0.4, -0.2) is 34.7 Å². The van der Waals surface area contributed by atoms with Gasteiger partial charge in [-0.1, -0.05) is 6.07 Å². The molecule has 8 heteroatoms. The highest BCUT2D eigenvalue weighted by atomic mass is 16.6. The number of nitrogens with zero attached hydrogens (tertiary/aromatic N) is 3. The van der Waals surface area contributed by atoms with Crippen LogP contribution >= 0.6 is 0 Å². The number of benzene rings is 1. The number of Topliss-reactive ketones (excluding diaryl/α,β-unsaturated/α-hetero) is 1. The van der Waals surface area contributed by atoms with E-state index in [4.69, 9.17) is 0 Å². The van der Waals surface area contributed by atoms with Gasteiger partial charge in [-0.2, -0.15) is 0 Å². The first-order valence-corrected chi connectivity index (χ1v) is 9.16.